The maximum absolute atomic E-state index is 13.3. The zero-order valence-electron chi connectivity index (χ0n) is 19.1. The van der Waals surface area contributed by atoms with Gasteiger partial charge in [0.05, 0.1) is 6.20 Å². The first-order chi connectivity index (χ1) is 15.5. The lowest BCUT2D eigenvalue weighted by atomic mass is 10.1. The van der Waals surface area contributed by atoms with Crippen LogP contribution >= 0.6 is 0 Å². The van der Waals surface area contributed by atoms with Crippen LogP contribution in [0, 0.1) is 0 Å². The highest BCUT2D eigenvalue weighted by Crippen LogP contribution is 2.37. The summed E-state index contributed by atoms with van der Waals surface area (Å²) < 4.78 is 34.6. The number of anilines is 1. The summed E-state index contributed by atoms with van der Waals surface area (Å²) in [4.78, 5) is 11.0. The molecule has 3 rings (SSSR count). The molecule has 0 aromatic heterocycles. The summed E-state index contributed by atoms with van der Waals surface area (Å²) >= 11 is 0. The summed E-state index contributed by atoms with van der Waals surface area (Å²) in [6.07, 6.45) is 1.42. The summed E-state index contributed by atoms with van der Waals surface area (Å²) in [5.74, 6) is -0.961. The van der Waals surface area contributed by atoms with E-state index in [1.807, 2.05) is 30.3 Å². The molecule has 1 aliphatic heterocycles. The molecule has 2 N–H and O–H groups in total. The lowest BCUT2D eigenvalue weighted by Crippen LogP contribution is -2.37. The fourth-order valence-electron chi connectivity index (χ4n) is 3.32. The van der Waals surface area contributed by atoms with Gasteiger partial charge in [0.1, 0.15) is 18.0 Å². The van der Waals surface area contributed by atoms with Gasteiger partial charge in [-0.25, -0.2) is 8.61 Å². The third-order valence-corrected chi connectivity index (χ3v) is 8.66. The highest BCUT2D eigenvalue weighted by Gasteiger charge is 2.39. The predicted molar refractivity (Wildman–Crippen MR) is 130 cm³/mol. The molecule has 33 heavy (non-hydrogen) atoms. The predicted octanol–water partition coefficient (Wildman–Crippen LogP) is 4.34. The van der Waals surface area contributed by atoms with E-state index in [0.29, 0.717) is 17.4 Å². The zero-order valence-corrected chi connectivity index (χ0v) is 20.9. The molecule has 0 atom stereocenters. The number of aliphatic hydroxyl groups excluding tert-OH is 1. The smallest absolute Gasteiger partial charge is 0.332 e. The van der Waals surface area contributed by atoms with Gasteiger partial charge in [0.2, 0.25) is 5.88 Å². The Morgan fingerprint density at radius 3 is 2.39 bits per heavy atom. The van der Waals surface area contributed by atoms with Crippen molar-refractivity contribution in [2.45, 2.75) is 45.1 Å². The van der Waals surface area contributed by atoms with E-state index in [-0.39, 0.29) is 37.6 Å². The Morgan fingerprint density at radius 2 is 1.76 bits per heavy atom. The maximum Gasteiger partial charge on any atom is 0.332 e. The van der Waals surface area contributed by atoms with Crippen LogP contribution in [0.5, 0.6) is 5.75 Å². The van der Waals surface area contributed by atoms with Crippen LogP contribution in [0.2, 0.25) is 25.7 Å². The number of benzene rings is 2. The van der Waals surface area contributed by atoms with E-state index in [4.69, 9.17) is 9.84 Å². The Bertz CT molecular complexity index is 1130. The molecule has 178 valence electrons. The molecule has 1 heterocycles. The molecule has 0 radical (unpaired) electrons. The second-order valence-corrected chi connectivity index (χ2v) is 16.5. The molecule has 0 amide bonds. The Kier molecular flexibility index (Phi) is 7.38. The summed E-state index contributed by atoms with van der Waals surface area (Å²) in [7, 11) is -5.57. The molecule has 10 heteroatoms. The van der Waals surface area contributed by atoms with Crippen LogP contribution in [0.3, 0.4) is 0 Å². The SMILES string of the molecule is C[Si](C)(C)CCN1C(O)=CN(c2ccc(CCC(=O)O)cc2OCc2ccccc2)S1(=O)=O. The summed E-state index contributed by atoms with van der Waals surface area (Å²) in [6, 6.07) is 15.1. The minimum Gasteiger partial charge on any atom is -0.493 e. The Labute approximate surface area is 195 Å². The van der Waals surface area contributed by atoms with Gasteiger partial charge in [-0.1, -0.05) is 56.0 Å². The monoisotopic (exact) mass is 490 g/mol. The van der Waals surface area contributed by atoms with Crippen LogP contribution in [-0.4, -0.2) is 43.5 Å². The average Bonchev–Trinajstić information content (AvgIpc) is 2.97. The van der Waals surface area contributed by atoms with E-state index < -0.39 is 24.3 Å². The van der Waals surface area contributed by atoms with E-state index >= 15 is 0 Å². The van der Waals surface area contributed by atoms with Crippen molar-refractivity contribution in [2.75, 3.05) is 10.8 Å². The number of carbonyl (C=O) groups is 1. The number of ether oxygens (including phenoxy) is 1. The number of nitrogens with zero attached hydrogens (tertiary/aromatic N) is 2. The molecule has 0 spiro atoms. The summed E-state index contributed by atoms with van der Waals surface area (Å²) in [5, 5.41) is 19.4. The average molecular weight is 491 g/mol. The number of aliphatic carboxylic acids is 1. The minimum atomic E-state index is -4.02. The van der Waals surface area contributed by atoms with E-state index in [1.54, 1.807) is 18.2 Å². The Morgan fingerprint density at radius 1 is 1.06 bits per heavy atom. The number of carboxylic acid groups (broad SMARTS) is 1. The largest absolute Gasteiger partial charge is 0.493 e. The standard InChI is InChI=1S/C23H30N2O6SSi/c1-33(2,3)14-13-24-22(26)16-25(32(24,29)30)20-11-9-18(10-12-23(27)28)15-21(20)31-17-19-7-5-4-6-8-19/h4-9,11,15-16,26H,10,12-14,17H2,1-3H3,(H,27,28). The van der Waals surface area contributed by atoms with Gasteiger partial charge >= 0.3 is 16.2 Å². The Hall–Kier alpha value is -2.98. The lowest BCUT2D eigenvalue weighted by molar-refractivity contribution is -0.136. The highest BCUT2D eigenvalue weighted by molar-refractivity contribution is 7.91. The number of hydrogen-bond acceptors (Lipinski definition) is 5. The third kappa shape index (κ3) is 6.29. The van der Waals surface area contributed by atoms with Crippen LogP contribution < -0.4 is 9.04 Å². The highest BCUT2D eigenvalue weighted by atomic mass is 32.2. The van der Waals surface area contributed by atoms with Crippen molar-refractivity contribution in [1.29, 1.82) is 0 Å². The van der Waals surface area contributed by atoms with Crippen molar-refractivity contribution in [3.63, 3.8) is 0 Å². The van der Waals surface area contributed by atoms with Crippen molar-refractivity contribution in [3.05, 3.63) is 71.7 Å². The van der Waals surface area contributed by atoms with E-state index in [0.717, 1.165) is 14.2 Å². The molecule has 8 nitrogen and oxygen atoms in total. The fourth-order valence-corrected chi connectivity index (χ4v) is 5.82. The number of rotatable bonds is 10. The fraction of sp³-hybridized carbons (Fsp3) is 0.348. The van der Waals surface area contributed by atoms with Gasteiger partial charge in [0.25, 0.3) is 0 Å². The topological polar surface area (TPSA) is 107 Å². The maximum atomic E-state index is 13.3. The van der Waals surface area contributed by atoms with Crippen LogP contribution in [0.4, 0.5) is 5.69 Å². The second-order valence-electron chi connectivity index (χ2n) is 9.14. The van der Waals surface area contributed by atoms with Crippen molar-refractivity contribution in [3.8, 4) is 5.75 Å². The van der Waals surface area contributed by atoms with Gasteiger partial charge in [-0.15, -0.1) is 0 Å². The molecular formula is C23H30N2O6SSi. The van der Waals surface area contributed by atoms with Crippen molar-refractivity contribution < 1.29 is 28.2 Å². The lowest BCUT2D eigenvalue weighted by Gasteiger charge is -2.25. The van der Waals surface area contributed by atoms with Crippen molar-refractivity contribution in [2.24, 2.45) is 0 Å². The molecule has 2 aromatic carbocycles. The molecule has 0 bridgehead atoms. The van der Waals surface area contributed by atoms with Gasteiger partial charge in [0, 0.05) is 21.0 Å². The number of aliphatic hydroxyl groups is 1. The molecule has 1 aliphatic rings. The number of aryl methyl sites for hydroxylation is 1. The third-order valence-electron chi connectivity index (χ3n) is 5.21. The molecule has 0 unspecified atom stereocenters. The van der Waals surface area contributed by atoms with Crippen LogP contribution in [0.1, 0.15) is 17.5 Å². The first-order valence-electron chi connectivity index (χ1n) is 10.7. The van der Waals surface area contributed by atoms with E-state index in [9.17, 15) is 18.3 Å². The number of carboxylic acids is 1. The van der Waals surface area contributed by atoms with Crippen molar-refractivity contribution >= 4 is 29.9 Å². The van der Waals surface area contributed by atoms with E-state index in [2.05, 4.69) is 19.6 Å². The summed E-state index contributed by atoms with van der Waals surface area (Å²) in [6.45, 7) is 6.83. The normalized spacial score (nSPS) is 15.4. The molecular weight excluding hydrogens is 460 g/mol. The summed E-state index contributed by atoms with van der Waals surface area (Å²) in [5.41, 5.74) is 1.87. The first kappa shape index (κ1) is 24.7. The van der Waals surface area contributed by atoms with E-state index in [1.165, 1.54) is 6.20 Å². The van der Waals surface area contributed by atoms with Gasteiger partial charge in [0.15, 0.2) is 0 Å². The quantitative estimate of drug-likeness (QED) is 0.480. The molecule has 2 aromatic rings. The zero-order chi connectivity index (χ0) is 24.2. The van der Waals surface area contributed by atoms with Gasteiger partial charge in [-0.3, -0.25) is 4.79 Å². The minimum absolute atomic E-state index is 0.0509. The number of hydrogen-bond donors (Lipinski definition) is 2. The first-order valence-corrected chi connectivity index (χ1v) is 15.8. The van der Waals surface area contributed by atoms with Crippen LogP contribution in [-0.2, 0) is 28.0 Å². The van der Waals surface area contributed by atoms with Gasteiger partial charge in [-0.05, 0) is 35.7 Å². The van der Waals surface area contributed by atoms with Gasteiger partial charge in [-0.2, -0.15) is 8.42 Å². The van der Waals surface area contributed by atoms with Crippen molar-refractivity contribution in [1.82, 2.24) is 4.31 Å². The van der Waals surface area contributed by atoms with Gasteiger partial charge < -0.3 is 14.9 Å². The molecule has 0 saturated carbocycles. The molecule has 0 aliphatic carbocycles. The Balaban J connectivity index is 1.92. The second kappa shape index (κ2) is 9.88. The molecule has 0 saturated heterocycles. The molecule has 0 fully saturated rings. The van der Waals surface area contributed by atoms with Crippen LogP contribution in [0.15, 0.2) is 60.6 Å². The van der Waals surface area contributed by atoms with Crippen LogP contribution in [0.25, 0.3) is 0 Å².